The Morgan fingerprint density at radius 2 is 2.12 bits per heavy atom. The van der Waals surface area contributed by atoms with E-state index in [-0.39, 0.29) is 17.9 Å². The van der Waals surface area contributed by atoms with Crippen molar-refractivity contribution in [3.63, 3.8) is 0 Å². The third kappa shape index (κ3) is 5.11. The third-order valence-electron chi connectivity index (χ3n) is 5.55. The maximum Gasteiger partial charge on any atom is 0.212 e. The summed E-state index contributed by atoms with van der Waals surface area (Å²) in [5.74, 6) is 0.716. The highest BCUT2D eigenvalue weighted by molar-refractivity contribution is 7.89. The van der Waals surface area contributed by atoms with Crippen molar-refractivity contribution in [2.45, 2.75) is 52.2 Å². The van der Waals surface area contributed by atoms with Gasteiger partial charge in [0.15, 0.2) is 0 Å². The van der Waals surface area contributed by atoms with Crippen molar-refractivity contribution in [3.8, 4) is 32.8 Å². The summed E-state index contributed by atoms with van der Waals surface area (Å²) >= 11 is 1.57. The van der Waals surface area contributed by atoms with Gasteiger partial charge in [-0.05, 0) is 68.0 Å². The van der Waals surface area contributed by atoms with E-state index in [2.05, 4.69) is 21.8 Å². The molecule has 8 heteroatoms. The first-order valence-electron chi connectivity index (χ1n) is 11.1. The van der Waals surface area contributed by atoms with Crippen LogP contribution in [0.5, 0.6) is 5.75 Å². The van der Waals surface area contributed by atoms with E-state index in [4.69, 9.17) is 4.74 Å². The molecule has 0 spiro atoms. The topological polar surface area (TPSA) is 92.1 Å². The molecular formula is C25H27N3O3S2. The molecule has 0 fully saturated rings. The van der Waals surface area contributed by atoms with Gasteiger partial charge in [-0.25, -0.2) is 18.1 Å². The lowest BCUT2D eigenvalue weighted by Gasteiger charge is -2.14. The van der Waals surface area contributed by atoms with E-state index in [1.165, 1.54) is 5.56 Å². The molecule has 0 saturated carbocycles. The second-order valence-electron chi connectivity index (χ2n) is 8.42. The molecule has 3 aromatic rings. The second-order valence-corrected chi connectivity index (χ2v) is 11.3. The summed E-state index contributed by atoms with van der Waals surface area (Å²) in [5.41, 5.74) is 4.67. The van der Waals surface area contributed by atoms with Gasteiger partial charge in [0, 0.05) is 17.8 Å². The van der Waals surface area contributed by atoms with Gasteiger partial charge in [0.1, 0.15) is 16.8 Å². The largest absolute Gasteiger partial charge is 0.490 e. The van der Waals surface area contributed by atoms with Crippen molar-refractivity contribution in [1.82, 2.24) is 9.71 Å². The molecule has 1 aliphatic carbocycles. The molecule has 172 valence electrons. The Morgan fingerprint density at radius 3 is 2.85 bits per heavy atom. The molecule has 0 saturated heterocycles. The lowest BCUT2D eigenvalue weighted by atomic mass is 10.0. The van der Waals surface area contributed by atoms with Crippen LogP contribution in [0.1, 0.15) is 56.3 Å². The van der Waals surface area contributed by atoms with Crippen LogP contribution in [0.2, 0.25) is 0 Å². The number of fused-ring (bicyclic) bond motifs is 1. The first kappa shape index (κ1) is 23.4. The number of thiazole rings is 1. The maximum atomic E-state index is 12.3. The normalized spacial score (nSPS) is 15.4. The smallest absolute Gasteiger partial charge is 0.212 e. The Morgan fingerprint density at radius 1 is 1.30 bits per heavy atom. The number of nitrogens with one attached hydrogen (secondary N) is 1. The van der Waals surface area contributed by atoms with Gasteiger partial charge in [0.25, 0.3) is 0 Å². The van der Waals surface area contributed by atoms with Crippen molar-refractivity contribution in [2.75, 3.05) is 5.75 Å². The van der Waals surface area contributed by atoms with Crippen LogP contribution in [-0.2, 0) is 16.4 Å². The van der Waals surface area contributed by atoms with E-state index in [1.54, 1.807) is 11.3 Å². The van der Waals surface area contributed by atoms with Crippen LogP contribution in [0.4, 0.5) is 0 Å². The molecule has 0 unspecified atom stereocenters. The standard InChI is InChI=1S/C25H27N3O3S2/c1-4-12-33(29,30)28-22-10-9-19-20(22)6-5-7-21(19)24-15-27-25(32-24)17-8-11-23(31-16(2)3)18(13-17)14-26/h5-8,11,13,15-16,22,28H,4,9-10,12H2,1-3H3/t22-/m1/s1. The van der Waals surface area contributed by atoms with Crippen LogP contribution < -0.4 is 9.46 Å². The van der Waals surface area contributed by atoms with Gasteiger partial charge in [0.05, 0.1) is 22.3 Å². The summed E-state index contributed by atoms with van der Waals surface area (Å²) in [6.07, 6.45) is 4.01. The number of benzene rings is 2. The van der Waals surface area contributed by atoms with Gasteiger partial charge in [0.2, 0.25) is 10.0 Å². The Labute approximate surface area is 199 Å². The zero-order chi connectivity index (χ0) is 23.6. The number of ether oxygens (including phenoxy) is 1. The summed E-state index contributed by atoms with van der Waals surface area (Å²) in [6.45, 7) is 5.73. The average Bonchev–Trinajstić information content (AvgIpc) is 3.41. The predicted octanol–water partition coefficient (Wildman–Crippen LogP) is 5.45. The first-order valence-corrected chi connectivity index (χ1v) is 13.6. The van der Waals surface area contributed by atoms with Crippen molar-refractivity contribution in [1.29, 1.82) is 5.26 Å². The monoisotopic (exact) mass is 481 g/mol. The highest BCUT2D eigenvalue weighted by atomic mass is 32.2. The molecule has 33 heavy (non-hydrogen) atoms. The molecule has 2 aromatic carbocycles. The van der Waals surface area contributed by atoms with Crippen molar-refractivity contribution in [2.24, 2.45) is 0 Å². The van der Waals surface area contributed by atoms with Crippen LogP contribution >= 0.6 is 11.3 Å². The molecule has 0 radical (unpaired) electrons. The lowest BCUT2D eigenvalue weighted by molar-refractivity contribution is 0.242. The number of aromatic nitrogens is 1. The van der Waals surface area contributed by atoms with Crippen LogP contribution in [0, 0.1) is 11.3 Å². The predicted molar refractivity (Wildman–Crippen MR) is 132 cm³/mol. The quantitative estimate of drug-likeness (QED) is 0.462. The Hall–Kier alpha value is -2.73. The minimum Gasteiger partial charge on any atom is -0.490 e. The van der Waals surface area contributed by atoms with Crippen LogP contribution in [0.3, 0.4) is 0 Å². The van der Waals surface area contributed by atoms with E-state index >= 15 is 0 Å². The van der Waals surface area contributed by atoms with Gasteiger partial charge < -0.3 is 4.74 Å². The van der Waals surface area contributed by atoms with Crippen LogP contribution in [0.15, 0.2) is 42.6 Å². The van der Waals surface area contributed by atoms with E-state index in [0.717, 1.165) is 39.4 Å². The number of hydrogen-bond donors (Lipinski definition) is 1. The Bertz CT molecular complexity index is 1310. The molecule has 1 atom stereocenters. The van der Waals surface area contributed by atoms with Crippen molar-refractivity contribution < 1.29 is 13.2 Å². The van der Waals surface area contributed by atoms with E-state index in [1.807, 2.05) is 57.3 Å². The van der Waals surface area contributed by atoms with Gasteiger partial charge >= 0.3 is 0 Å². The zero-order valence-electron chi connectivity index (χ0n) is 19.0. The van der Waals surface area contributed by atoms with E-state index in [0.29, 0.717) is 17.7 Å². The molecule has 4 rings (SSSR count). The van der Waals surface area contributed by atoms with Gasteiger partial charge in [-0.1, -0.05) is 25.1 Å². The molecule has 1 heterocycles. The zero-order valence-corrected chi connectivity index (χ0v) is 20.6. The summed E-state index contributed by atoms with van der Waals surface area (Å²) in [6, 6.07) is 13.6. The minimum atomic E-state index is -3.28. The Kier molecular flexibility index (Phi) is 6.84. The maximum absolute atomic E-state index is 12.3. The van der Waals surface area contributed by atoms with Gasteiger partial charge in [-0.15, -0.1) is 11.3 Å². The van der Waals surface area contributed by atoms with E-state index < -0.39 is 10.0 Å². The summed E-state index contributed by atoms with van der Waals surface area (Å²) in [5, 5.41) is 10.4. The first-order chi connectivity index (χ1) is 15.8. The molecule has 0 amide bonds. The van der Waals surface area contributed by atoms with Crippen LogP contribution in [0.25, 0.3) is 21.0 Å². The number of nitrogens with zero attached hydrogens (tertiary/aromatic N) is 2. The molecule has 0 bridgehead atoms. The Balaban J connectivity index is 1.63. The van der Waals surface area contributed by atoms with E-state index in [9.17, 15) is 13.7 Å². The number of nitriles is 1. The molecule has 1 aromatic heterocycles. The second kappa shape index (κ2) is 9.64. The lowest BCUT2D eigenvalue weighted by Crippen LogP contribution is -2.29. The van der Waals surface area contributed by atoms with Crippen LogP contribution in [-0.4, -0.2) is 25.3 Å². The van der Waals surface area contributed by atoms with Gasteiger partial charge in [-0.3, -0.25) is 0 Å². The molecule has 0 aliphatic heterocycles. The SMILES string of the molecule is CCCS(=O)(=O)N[C@@H]1CCc2c(-c3cnc(-c4ccc(OC(C)C)c(C#N)c4)s3)cccc21. The molecule has 1 aliphatic rings. The number of sulfonamides is 1. The van der Waals surface area contributed by atoms with Gasteiger partial charge in [-0.2, -0.15) is 5.26 Å². The summed E-state index contributed by atoms with van der Waals surface area (Å²) in [4.78, 5) is 5.64. The molecular weight excluding hydrogens is 454 g/mol. The highest BCUT2D eigenvalue weighted by Crippen LogP contribution is 2.41. The minimum absolute atomic E-state index is 0.00938. The van der Waals surface area contributed by atoms with Crippen molar-refractivity contribution in [3.05, 3.63) is 59.3 Å². The molecule has 1 N–H and O–H groups in total. The summed E-state index contributed by atoms with van der Waals surface area (Å²) in [7, 11) is -3.28. The fourth-order valence-corrected chi connectivity index (χ4v) is 6.49. The summed E-state index contributed by atoms with van der Waals surface area (Å²) < 4.78 is 33.2. The number of hydrogen-bond acceptors (Lipinski definition) is 6. The fourth-order valence-electron chi connectivity index (χ4n) is 4.19. The fraction of sp³-hybridized carbons (Fsp3) is 0.360. The third-order valence-corrected chi connectivity index (χ3v) is 8.22. The number of rotatable bonds is 8. The highest BCUT2D eigenvalue weighted by Gasteiger charge is 2.28. The average molecular weight is 482 g/mol. The molecule has 6 nitrogen and oxygen atoms in total. The van der Waals surface area contributed by atoms with Crippen molar-refractivity contribution >= 4 is 21.4 Å².